The van der Waals surface area contributed by atoms with E-state index in [1.807, 2.05) is 45.0 Å². The molecule has 0 saturated heterocycles. The Morgan fingerprint density at radius 3 is 2.59 bits per heavy atom. The Bertz CT molecular complexity index is 581. The van der Waals surface area contributed by atoms with Gasteiger partial charge >= 0.3 is 0 Å². The SMILES string of the molecule is CC(C)(C)NNc1cc(=O)c2ccccc2[nH]1. The van der Waals surface area contributed by atoms with E-state index < -0.39 is 0 Å². The van der Waals surface area contributed by atoms with Gasteiger partial charge in [0.1, 0.15) is 5.82 Å². The summed E-state index contributed by atoms with van der Waals surface area (Å²) in [7, 11) is 0. The van der Waals surface area contributed by atoms with Crippen molar-refractivity contribution in [1.82, 2.24) is 10.4 Å². The van der Waals surface area contributed by atoms with Crippen LogP contribution in [0.25, 0.3) is 10.9 Å². The molecule has 1 aromatic carbocycles. The van der Waals surface area contributed by atoms with Crippen molar-refractivity contribution in [2.45, 2.75) is 26.3 Å². The minimum atomic E-state index is -0.0669. The molecule has 0 aliphatic carbocycles. The number of aromatic nitrogens is 1. The molecule has 2 rings (SSSR count). The number of hydrogen-bond donors (Lipinski definition) is 3. The van der Waals surface area contributed by atoms with Gasteiger partial charge in [0.25, 0.3) is 0 Å². The van der Waals surface area contributed by atoms with Crippen LogP contribution in [0.15, 0.2) is 35.1 Å². The van der Waals surface area contributed by atoms with Crippen molar-refractivity contribution in [1.29, 1.82) is 0 Å². The topological polar surface area (TPSA) is 56.9 Å². The average molecular weight is 231 g/mol. The van der Waals surface area contributed by atoms with Gasteiger partial charge in [0, 0.05) is 17.0 Å². The Labute approximate surface area is 100 Å². The van der Waals surface area contributed by atoms with Crippen LogP contribution in [-0.2, 0) is 0 Å². The minimum absolute atomic E-state index is 0.0116. The van der Waals surface area contributed by atoms with E-state index in [0.29, 0.717) is 11.2 Å². The first-order valence-electron chi connectivity index (χ1n) is 5.61. The highest BCUT2D eigenvalue weighted by molar-refractivity contribution is 5.79. The Hall–Kier alpha value is -1.81. The number of fused-ring (bicyclic) bond motifs is 1. The van der Waals surface area contributed by atoms with Crippen molar-refractivity contribution in [3.05, 3.63) is 40.6 Å². The van der Waals surface area contributed by atoms with E-state index in [2.05, 4.69) is 15.8 Å². The molecular weight excluding hydrogens is 214 g/mol. The van der Waals surface area contributed by atoms with E-state index in [1.165, 1.54) is 0 Å². The van der Waals surface area contributed by atoms with Crippen molar-refractivity contribution >= 4 is 16.7 Å². The predicted octanol–water partition coefficient (Wildman–Crippen LogP) is 2.24. The molecule has 3 N–H and O–H groups in total. The quantitative estimate of drug-likeness (QED) is 0.695. The van der Waals surface area contributed by atoms with Gasteiger partial charge in [-0.25, -0.2) is 5.43 Å². The van der Waals surface area contributed by atoms with Crippen LogP contribution < -0.4 is 16.3 Å². The zero-order valence-electron chi connectivity index (χ0n) is 10.3. The molecule has 1 aromatic heterocycles. The van der Waals surface area contributed by atoms with Crippen LogP contribution in [0.2, 0.25) is 0 Å². The molecule has 0 aliphatic heterocycles. The molecule has 17 heavy (non-hydrogen) atoms. The second-order valence-corrected chi connectivity index (χ2v) is 5.09. The normalized spacial score (nSPS) is 11.7. The molecule has 4 heteroatoms. The number of rotatable bonds is 2. The molecule has 2 aromatic rings. The Balaban J connectivity index is 2.34. The van der Waals surface area contributed by atoms with E-state index in [4.69, 9.17) is 0 Å². The molecule has 0 aliphatic rings. The fourth-order valence-electron chi connectivity index (χ4n) is 1.52. The standard InChI is InChI=1S/C13H17N3O/c1-13(2,3)16-15-12-8-11(17)9-6-4-5-7-10(9)14-12/h4-8,16H,1-3H3,(H2,14,15,17). The summed E-state index contributed by atoms with van der Waals surface area (Å²) in [5.41, 5.74) is 6.90. The lowest BCUT2D eigenvalue weighted by Gasteiger charge is -2.21. The third kappa shape index (κ3) is 2.85. The van der Waals surface area contributed by atoms with Gasteiger partial charge in [-0.1, -0.05) is 12.1 Å². The average Bonchev–Trinajstić information content (AvgIpc) is 2.26. The van der Waals surface area contributed by atoms with Crippen LogP contribution in [0, 0.1) is 0 Å². The summed E-state index contributed by atoms with van der Waals surface area (Å²) >= 11 is 0. The van der Waals surface area contributed by atoms with Crippen LogP contribution in [0.3, 0.4) is 0 Å². The molecule has 90 valence electrons. The van der Waals surface area contributed by atoms with Crippen LogP contribution in [0.4, 0.5) is 5.82 Å². The Kier molecular flexibility index (Phi) is 2.90. The molecule has 0 unspecified atom stereocenters. The number of para-hydroxylation sites is 1. The second kappa shape index (κ2) is 4.22. The summed E-state index contributed by atoms with van der Waals surface area (Å²) < 4.78 is 0. The lowest BCUT2D eigenvalue weighted by molar-refractivity contribution is 0.464. The second-order valence-electron chi connectivity index (χ2n) is 5.09. The van der Waals surface area contributed by atoms with Crippen LogP contribution in [-0.4, -0.2) is 10.5 Å². The number of pyridine rings is 1. The van der Waals surface area contributed by atoms with Gasteiger partial charge in [-0.2, -0.15) is 0 Å². The lowest BCUT2D eigenvalue weighted by Crippen LogP contribution is -2.40. The fourth-order valence-corrected chi connectivity index (χ4v) is 1.52. The van der Waals surface area contributed by atoms with Gasteiger partial charge < -0.3 is 10.4 Å². The molecular formula is C13H17N3O. The van der Waals surface area contributed by atoms with Crippen molar-refractivity contribution < 1.29 is 0 Å². The highest BCUT2D eigenvalue weighted by Gasteiger charge is 2.08. The van der Waals surface area contributed by atoms with E-state index in [1.54, 1.807) is 6.07 Å². The van der Waals surface area contributed by atoms with Crippen molar-refractivity contribution in [2.24, 2.45) is 0 Å². The third-order valence-electron chi connectivity index (χ3n) is 2.31. The highest BCUT2D eigenvalue weighted by Crippen LogP contribution is 2.10. The van der Waals surface area contributed by atoms with Gasteiger partial charge in [-0.15, -0.1) is 0 Å². The van der Waals surface area contributed by atoms with Crippen molar-refractivity contribution in [3.8, 4) is 0 Å². The fraction of sp³-hybridized carbons (Fsp3) is 0.308. The van der Waals surface area contributed by atoms with E-state index in [9.17, 15) is 4.79 Å². The first kappa shape index (κ1) is 11.7. The van der Waals surface area contributed by atoms with Crippen LogP contribution in [0.5, 0.6) is 0 Å². The summed E-state index contributed by atoms with van der Waals surface area (Å²) in [5.74, 6) is 0.670. The van der Waals surface area contributed by atoms with E-state index in [0.717, 1.165) is 5.52 Å². The van der Waals surface area contributed by atoms with E-state index in [-0.39, 0.29) is 11.0 Å². The highest BCUT2D eigenvalue weighted by atomic mass is 16.1. The van der Waals surface area contributed by atoms with Gasteiger partial charge in [-0.05, 0) is 32.9 Å². The van der Waals surface area contributed by atoms with E-state index >= 15 is 0 Å². The maximum absolute atomic E-state index is 11.8. The summed E-state index contributed by atoms with van der Waals surface area (Å²) in [6.45, 7) is 6.12. The first-order valence-corrected chi connectivity index (χ1v) is 5.61. The maximum Gasteiger partial charge on any atom is 0.191 e. The number of aromatic amines is 1. The third-order valence-corrected chi connectivity index (χ3v) is 2.31. The van der Waals surface area contributed by atoms with Crippen molar-refractivity contribution in [2.75, 3.05) is 5.43 Å². The Morgan fingerprint density at radius 1 is 1.18 bits per heavy atom. The zero-order valence-corrected chi connectivity index (χ0v) is 10.3. The summed E-state index contributed by atoms with van der Waals surface area (Å²) in [6, 6.07) is 9.02. The van der Waals surface area contributed by atoms with Crippen LogP contribution in [0.1, 0.15) is 20.8 Å². The molecule has 1 heterocycles. The number of anilines is 1. The largest absolute Gasteiger partial charge is 0.340 e. The molecule has 0 amide bonds. The van der Waals surface area contributed by atoms with Gasteiger partial charge in [-0.3, -0.25) is 4.79 Å². The summed E-state index contributed by atoms with van der Waals surface area (Å²) in [4.78, 5) is 15.0. The summed E-state index contributed by atoms with van der Waals surface area (Å²) in [5, 5.41) is 0.703. The summed E-state index contributed by atoms with van der Waals surface area (Å²) in [6.07, 6.45) is 0. The smallest absolute Gasteiger partial charge is 0.191 e. The molecule has 0 spiro atoms. The monoisotopic (exact) mass is 231 g/mol. The van der Waals surface area contributed by atoms with Gasteiger partial charge in [0.05, 0.1) is 5.52 Å². The number of hydrogen-bond acceptors (Lipinski definition) is 3. The lowest BCUT2D eigenvalue weighted by atomic mass is 10.1. The Morgan fingerprint density at radius 2 is 1.88 bits per heavy atom. The molecule has 0 radical (unpaired) electrons. The number of nitrogens with one attached hydrogen (secondary N) is 3. The molecule has 0 fully saturated rings. The molecule has 0 atom stereocenters. The molecule has 0 saturated carbocycles. The van der Waals surface area contributed by atoms with Gasteiger partial charge in [0.15, 0.2) is 5.43 Å². The molecule has 0 bridgehead atoms. The predicted molar refractivity (Wildman–Crippen MR) is 71.1 cm³/mol. The van der Waals surface area contributed by atoms with Crippen LogP contribution >= 0.6 is 0 Å². The molecule has 4 nitrogen and oxygen atoms in total. The first-order chi connectivity index (χ1) is 7.96. The van der Waals surface area contributed by atoms with Gasteiger partial charge in [0.2, 0.25) is 0 Å². The number of benzene rings is 1. The zero-order chi connectivity index (χ0) is 12.5. The van der Waals surface area contributed by atoms with Crippen molar-refractivity contribution in [3.63, 3.8) is 0 Å². The number of hydrazine groups is 1. The minimum Gasteiger partial charge on any atom is -0.340 e. The maximum atomic E-state index is 11.8. The number of H-pyrrole nitrogens is 1.